The third-order valence-corrected chi connectivity index (χ3v) is 4.17. The SMILES string of the molecule is CNC(=O)[C@H]1CCCN(C(=O)/C=C/c2ccc3c(c2)OCO3)C1. The average molecular weight is 316 g/mol. The van der Waals surface area contributed by atoms with Crippen LogP contribution in [0, 0.1) is 5.92 Å². The molecular weight excluding hydrogens is 296 g/mol. The fourth-order valence-corrected chi connectivity index (χ4v) is 2.89. The van der Waals surface area contributed by atoms with E-state index in [0.717, 1.165) is 24.2 Å². The van der Waals surface area contributed by atoms with E-state index in [1.165, 1.54) is 0 Å². The van der Waals surface area contributed by atoms with Gasteiger partial charge in [-0.3, -0.25) is 9.59 Å². The van der Waals surface area contributed by atoms with E-state index in [0.29, 0.717) is 18.8 Å². The van der Waals surface area contributed by atoms with E-state index in [1.54, 1.807) is 24.1 Å². The number of carbonyl (C=O) groups is 2. The van der Waals surface area contributed by atoms with E-state index >= 15 is 0 Å². The monoisotopic (exact) mass is 316 g/mol. The van der Waals surface area contributed by atoms with Crippen molar-refractivity contribution in [1.29, 1.82) is 0 Å². The molecule has 1 aromatic rings. The normalized spacial score (nSPS) is 19.9. The van der Waals surface area contributed by atoms with E-state index in [1.807, 2.05) is 18.2 Å². The average Bonchev–Trinajstić information content (AvgIpc) is 3.06. The first-order chi connectivity index (χ1) is 11.2. The number of benzene rings is 1. The van der Waals surface area contributed by atoms with Gasteiger partial charge in [0.15, 0.2) is 11.5 Å². The summed E-state index contributed by atoms with van der Waals surface area (Å²) in [5.41, 5.74) is 0.877. The van der Waals surface area contributed by atoms with Gasteiger partial charge in [0.2, 0.25) is 18.6 Å². The molecule has 2 amide bonds. The molecule has 6 heteroatoms. The highest BCUT2D eigenvalue weighted by atomic mass is 16.7. The fraction of sp³-hybridized carbons (Fsp3) is 0.412. The van der Waals surface area contributed by atoms with Crippen LogP contribution < -0.4 is 14.8 Å². The summed E-state index contributed by atoms with van der Waals surface area (Å²) in [4.78, 5) is 25.8. The van der Waals surface area contributed by atoms with Crippen LogP contribution in [0.25, 0.3) is 6.08 Å². The van der Waals surface area contributed by atoms with Crippen molar-refractivity contribution < 1.29 is 19.1 Å². The highest BCUT2D eigenvalue weighted by Crippen LogP contribution is 2.32. The molecule has 2 heterocycles. The van der Waals surface area contributed by atoms with Gasteiger partial charge in [0.05, 0.1) is 5.92 Å². The van der Waals surface area contributed by atoms with Crippen LogP contribution in [0.15, 0.2) is 24.3 Å². The number of carbonyl (C=O) groups excluding carboxylic acids is 2. The highest BCUT2D eigenvalue weighted by molar-refractivity contribution is 5.92. The molecule has 1 aromatic carbocycles. The Balaban J connectivity index is 1.63. The molecule has 2 aliphatic heterocycles. The van der Waals surface area contributed by atoms with Crippen LogP contribution >= 0.6 is 0 Å². The molecule has 0 spiro atoms. The summed E-state index contributed by atoms with van der Waals surface area (Å²) in [6.45, 7) is 1.40. The maximum Gasteiger partial charge on any atom is 0.246 e. The quantitative estimate of drug-likeness (QED) is 0.856. The molecule has 1 fully saturated rings. The standard InChI is InChI=1S/C17H20N2O4/c1-18-17(21)13-3-2-8-19(10-13)16(20)7-5-12-4-6-14-15(9-12)23-11-22-14/h4-7,9,13H,2-3,8,10-11H2,1H3,(H,18,21)/b7-5+/t13-/m0/s1. The number of ether oxygens (including phenoxy) is 2. The van der Waals surface area contributed by atoms with E-state index in [4.69, 9.17) is 9.47 Å². The second kappa shape index (κ2) is 6.73. The number of nitrogens with zero attached hydrogens (tertiary/aromatic N) is 1. The van der Waals surface area contributed by atoms with Gasteiger partial charge >= 0.3 is 0 Å². The fourth-order valence-electron chi connectivity index (χ4n) is 2.89. The van der Waals surface area contributed by atoms with Crippen molar-refractivity contribution in [3.05, 3.63) is 29.8 Å². The minimum Gasteiger partial charge on any atom is -0.454 e. The molecule has 0 aromatic heterocycles. The first kappa shape index (κ1) is 15.4. The molecule has 23 heavy (non-hydrogen) atoms. The summed E-state index contributed by atoms with van der Waals surface area (Å²) < 4.78 is 10.6. The van der Waals surface area contributed by atoms with Crippen LogP contribution in [0.2, 0.25) is 0 Å². The number of piperidine rings is 1. The van der Waals surface area contributed by atoms with Crippen molar-refractivity contribution in [3.8, 4) is 11.5 Å². The van der Waals surface area contributed by atoms with Gasteiger partial charge in [-0.25, -0.2) is 0 Å². The number of hydrogen-bond donors (Lipinski definition) is 1. The highest BCUT2D eigenvalue weighted by Gasteiger charge is 2.26. The van der Waals surface area contributed by atoms with Crippen molar-refractivity contribution in [3.63, 3.8) is 0 Å². The predicted molar refractivity (Wildman–Crippen MR) is 85.0 cm³/mol. The van der Waals surface area contributed by atoms with Gasteiger partial charge in [-0.15, -0.1) is 0 Å². The van der Waals surface area contributed by atoms with Gasteiger partial charge < -0.3 is 19.7 Å². The molecule has 0 bridgehead atoms. The zero-order valence-electron chi connectivity index (χ0n) is 13.1. The van der Waals surface area contributed by atoms with Gasteiger partial charge in [-0.1, -0.05) is 6.07 Å². The lowest BCUT2D eigenvalue weighted by Crippen LogP contribution is -2.44. The summed E-state index contributed by atoms with van der Waals surface area (Å²) in [5, 5.41) is 2.66. The zero-order chi connectivity index (χ0) is 16.2. The smallest absolute Gasteiger partial charge is 0.246 e. The Bertz CT molecular complexity index is 641. The van der Waals surface area contributed by atoms with Crippen LogP contribution in [-0.4, -0.2) is 43.6 Å². The van der Waals surface area contributed by atoms with E-state index in [-0.39, 0.29) is 24.5 Å². The first-order valence-electron chi connectivity index (χ1n) is 7.75. The van der Waals surface area contributed by atoms with Crippen LogP contribution in [-0.2, 0) is 9.59 Å². The molecule has 1 atom stereocenters. The van der Waals surface area contributed by atoms with Crippen molar-refractivity contribution in [2.24, 2.45) is 5.92 Å². The molecule has 2 aliphatic rings. The summed E-state index contributed by atoms with van der Waals surface area (Å²) in [6.07, 6.45) is 4.98. The van der Waals surface area contributed by atoms with Crippen molar-refractivity contribution >= 4 is 17.9 Å². The summed E-state index contributed by atoms with van der Waals surface area (Å²) in [5.74, 6) is 1.23. The van der Waals surface area contributed by atoms with Gasteiger partial charge in [0, 0.05) is 26.2 Å². The molecule has 3 rings (SSSR count). The lowest BCUT2D eigenvalue weighted by Gasteiger charge is -2.31. The maximum absolute atomic E-state index is 12.3. The predicted octanol–water partition coefficient (Wildman–Crippen LogP) is 1.41. The number of nitrogens with one attached hydrogen (secondary N) is 1. The minimum absolute atomic E-state index is 0.00208. The molecule has 0 aliphatic carbocycles. The number of amides is 2. The Morgan fingerprint density at radius 3 is 2.96 bits per heavy atom. The topological polar surface area (TPSA) is 67.9 Å². The molecule has 0 saturated carbocycles. The molecule has 1 saturated heterocycles. The van der Waals surface area contributed by atoms with Crippen molar-refractivity contribution in [1.82, 2.24) is 10.2 Å². The van der Waals surface area contributed by atoms with E-state index in [9.17, 15) is 9.59 Å². The third kappa shape index (κ3) is 3.47. The Hall–Kier alpha value is -2.50. The number of hydrogen-bond acceptors (Lipinski definition) is 4. The second-order valence-corrected chi connectivity index (χ2v) is 5.68. The van der Waals surface area contributed by atoms with Crippen LogP contribution in [0.4, 0.5) is 0 Å². The summed E-state index contributed by atoms with van der Waals surface area (Å²) in [7, 11) is 1.63. The lowest BCUT2D eigenvalue weighted by molar-refractivity contribution is -0.131. The Labute approximate surface area is 135 Å². The molecule has 6 nitrogen and oxygen atoms in total. The van der Waals surface area contributed by atoms with Gasteiger partial charge in [-0.05, 0) is 36.6 Å². The van der Waals surface area contributed by atoms with Gasteiger partial charge in [0.25, 0.3) is 0 Å². The van der Waals surface area contributed by atoms with Gasteiger partial charge in [-0.2, -0.15) is 0 Å². The molecule has 1 N–H and O–H groups in total. The van der Waals surface area contributed by atoms with Gasteiger partial charge in [0.1, 0.15) is 0 Å². The molecule has 0 unspecified atom stereocenters. The number of likely N-dealkylation sites (tertiary alicyclic amines) is 1. The van der Waals surface area contributed by atoms with E-state index < -0.39 is 0 Å². The van der Waals surface area contributed by atoms with E-state index in [2.05, 4.69) is 5.32 Å². The third-order valence-electron chi connectivity index (χ3n) is 4.17. The summed E-state index contributed by atoms with van der Waals surface area (Å²) >= 11 is 0. The largest absolute Gasteiger partial charge is 0.454 e. The zero-order valence-corrected chi connectivity index (χ0v) is 13.1. The molecular formula is C17H20N2O4. The summed E-state index contributed by atoms with van der Waals surface area (Å²) in [6, 6.07) is 5.55. The minimum atomic E-state index is -0.114. The Kier molecular flexibility index (Phi) is 4.50. The van der Waals surface area contributed by atoms with Crippen LogP contribution in [0.1, 0.15) is 18.4 Å². The molecule has 0 radical (unpaired) electrons. The second-order valence-electron chi connectivity index (χ2n) is 5.68. The maximum atomic E-state index is 12.3. The lowest BCUT2D eigenvalue weighted by atomic mass is 9.97. The first-order valence-corrected chi connectivity index (χ1v) is 7.75. The Morgan fingerprint density at radius 2 is 2.13 bits per heavy atom. The van der Waals surface area contributed by atoms with Crippen molar-refractivity contribution in [2.75, 3.05) is 26.9 Å². The molecule has 122 valence electrons. The number of rotatable bonds is 3. The number of fused-ring (bicyclic) bond motifs is 1. The van der Waals surface area contributed by atoms with Crippen LogP contribution in [0.3, 0.4) is 0 Å². The van der Waals surface area contributed by atoms with Crippen LogP contribution in [0.5, 0.6) is 11.5 Å². The Morgan fingerprint density at radius 1 is 1.30 bits per heavy atom. The van der Waals surface area contributed by atoms with Crippen molar-refractivity contribution in [2.45, 2.75) is 12.8 Å².